The van der Waals surface area contributed by atoms with Crippen molar-refractivity contribution in [2.75, 3.05) is 0 Å². The van der Waals surface area contributed by atoms with Gasteiger partial charge in [0.1, 0.15) is 23.3 Å². The molecule has 0 atom stereocenters. The summed E-state index contributed by atoms with van der Waals surface area (Å²) in [5.41, 5.74) is 0.782. The molecule has 28 heavy (non-hydrogen) atoms. The van der Waals surface area contributed by atoms with E-state index in [1.54, 1.807) is 0 Å². The number of nitrogens with zero attached hydrogens (tertiary/aromatic N) is 3. The number of aromatic nitrogens is 3. The van der Waals surface area contributed by atoms with E-state index in [1.807, 2.05) is 0 Å². The maximum atomic E-state index is 14.3. The summed E-state index contributed by atoms with van der Waals surface area (Å²) in [7, 11) is 0. The fourth-order valence-electron chi connectivity index (χ4n) is 2.62. The molecule has 0 radical (unpaired) electrons. The summed E-state index contributed by atoms with van der Waals surface area (Å²) in [6.45, 7) is 0. The lowest BCUT2D eigenvalue weighted by molar-refractivity contribution is 0.602. The Bertz CT molecular complexity index is 1080. The van der Waals surface area contributed by atoms with Gasteiger partial charge >= 0.3 is 0 Å². The highest BCUT2D eigenvalue weighted by molar-refractivity contribution is 5.66. The lowest BCUT2D eigenvalue weighted by atomic mass is 10.1. The lowest BCUT2D eigenvalue weighted by Gasteiger charge is -2.09. The second-order valence-corrected chi connectivity index (χ2v) is 5.94. The van der Waals surface area contributed by atoms with Crippen LogP contribution in [0.15, 0.2) is 66.7 Å². The van der Waals surface area contributed by atoms with Crippen molar-refractivity contribution in [3.05, 3.63) is 90.0 Å². The molecular weight excluding hydrogens is 370 g/mol. The highest BCUT2D eigenvalue weighted by Crippen LogP contribution is 2.26. The van der Waals surface area contributed by atoms with E-state index in [9.17, 15) is 17.6 Å². The van der Waals surface area contributed by atoms with Gasteiger partial charge < -0.3 is 0 Å². The van der Waals surface area contributed by atoms with E-state index in [2.05, 4.69) is 15.0 Å². The zero-order valence-electron chi connectivity index (χ0n) is 14.2. The van der Waals surface area contributed by atoms with E-state index in [-0.39, 0.29) is 23.0 Å². The maximum absolute atomic E-state index is 14.3. The summed E-state index contributed by atoms with van der Waals surface area (Å²) < 4.78 is 54.4. The van der Waals surface area contributed by atoms with Crippen molar-refractivity contribution in [3.8, 4) is 34.2 Å². The Morgan fingerprint density at radius 2 is 0.893 bits per heavy atom. The van der Waals surface area contributed by atoms with E-state index < -0.39 is 23.3 Å². The van der Waals surface area contributed by atoms with Crippen LogP contribution in [0.25, 0.3) is 34.2 Å². The Labute approximate surface area is 157 Å². The minimum Gasteiger partial charge on any atom is -0.208 e. The predicted molar refractivity (Wildman–Crippen MR) is 96.0 cm³/mol. The van der Waals surface area contributed by atoms with Crippen molar-refractivity contribution in [3.63, 3.8) is 0 Å². The van der Waals surface area contributed by atoms with Gasteiger partial charge in [-0.1, -0.05) is 0 Å². The van der Waals surface area contributed by atoms with Gasteiger partial charge in [0.2, 0.25) is 0 Å². The van der Waals surface area contributed by atoms with Gasteiger partial charge in [-0.3, -0.25) is 0 Å². The number of rotatable bonds is 3. The fraction of sp³-hybridized carbons (Fsp3) is 0. The second-order valence-electron chi connectivity index (χ2n) is 5.94. The first kappa shape index (κ1) is 17.8. The van der Waals surface area contributed by atoms with Crippen LogP contribution in [0.2, 0.25) is 0 Å². The Balaban J connectivity index is 1.93. The topological polar surface area (TPSA) is 38.7 Å². The molecular formula is C21H11F4N3. The molecule has 0 saturated carbocycles. The first-order valence-electron chi connectivity index (χ1n) is 8.23. The zero-order chi connectivity index (χ0) is 19.7. The fourth-order valence-corrected chi connectivity index (χ4v) is 2.62. The lowest BCUT2D eigenvalue weighted by Crippen LogP contribution is -2.01. The Morgan fingerprint density at radius 1 is 0.464 bits per heavy atom. The maximum Gasteiger partial charge on any atom is 0.167 e. The van der Waals surface area contributed by atoms with Crippen LogP contribution in [0, 0.1) is 23.3 Å². The summed E-state index contributed by atoms with van der Waals surface area (Å²) >= 11 is 0. The molecule has 0 aliphatic heterocycles. The summed E-state index contributed by atoms with van der Waals surface area (Å²) in [4.78, 5) is 12.8. The van der Waals surface area contributed by atoms with Crippen molar-refractivity contribution in [2.24, 2.45) is 0 Å². The molecule has 4 aromatic rings. The van der Waals surface area contributed by atoms with Crippen LogP contribution in [0.3, 0.4) is 0 Å². The molecule has 0 amide bonds. The number of hydrogen-bond acceptors (Lipinski definition) is 3. The number of halogens is 4. The minimum atomic E-state index is -0.706. The first-order chi connectivity index (χ1) is 13.5. The van der Waals surface area contributed by atoms with Crippen LogP contribution in [-0.2, 0) is 0 Å². The minimum absolute atomic E-state index is 0.0920. The van der Waals surface area contributed by atoms with E-state index in [4.69, 9.17) is 0 Å². The van der Waals surface area contributed by atoms with Crippen molar-refractivity contribution < 1.29 is 17.6 Å². The quantitative estimate of drug-likeness (QED) is 0.444. The SMILES string of the molecule is Fc1ccc(-c2nc(-c3ccc(F)cc3)nc(-c3cc(F)ccc3F)n2)cc1. The van der Waals surface area contributed by atoms with Gasteiger partial charge in [-0.15, -0.1) is 0 Å². The number of hydrogen-bond donors (Lipinski definition) is 0. The molecule has 0 spiro atoms. The average molecular weight is 381 g/mol. The van der Waals surface area contributed by atoms with Crippen molar-refractivity contribution in [2.45, 2.75) is 0 Å². The summed E-state index contributed by atoms with van der Waals surface area (Å²) in [6.07, 6.45) is 0. The molecule has 1 aromatic heterocycles. The highest BCUT2D eigenvalue weighted by Gasteiger charge is 2.15. The molecule has 1 heterocycles. The normalized spacial score (nSPS) is 10.9. The van der Waals surface area contributed by atoms with Gasteiger partial charge in [-0.05, 0) is 66.7 Å². The molecule has 0 saturated heterocycles. The number of benzene rings is 3. The van der Waals surface area contributed by atoms with Gasteiger partial charge in [-0.2, -0.15) is 0 Å². The molecule has 3 aromatic carbocycles. The summed E-state index contributed by atoms with van der Waals surface area (Å²) in [5, 5.41) is 0. The highest BCUT2D eigenvalue weighted by atomic mass is 19.1. The molecule has 0 unspecified atom stereocenters. The van der Waals surface area contributed by atoms with Crippen LogP contribution in [0.1, 0.15) is 0 Å². The smallest absolute Gasteiger partial charge is 0.167 e. The standard InChI is InChI=1S/C21H11F4N3/c22-14-5-1-12(2-6-14)19-26-20(13-3-7-15(23)8-4-13)28-21(27-19)17-11-16(24)9-10-18(17)25/h1-11H. The van der Waals surface area contributed by atoms with Crippen LogP contribution >= 0.6 is 0 Å². The average Bonchev–Trinajstić information content (AvgIpc) is 2.70. The first-order valence-corrected chi connectivity index (χ1v) is 8.23. The molecule has 0 aliphatic rings. The van der Waals surface area contributed by atoms with Crippen LogP contribution < -0.4 is 0 Å². The van der Waals surface area contributed by atoms with Crippen LogP contribution in [-0.4, -0.2) is 15.0 Å². The van der Waals surface area contributed by atoms with Crippen LogP contribution in [0.4, 0.5) is 17.6 Å². The van der Waals surface area contributed by atoms with Crippen molar-refractivity contribution >= 4 is 0 Å². The monoisotopic (exact) mass is 381 g/mol. The van der Waals surface area contributed by atoms with E-state index >= 15 is 0 Å². The largest absolute Gasteiger partial charge is 0.208 e. The van der Waals surface area contributed by atoms with Crippen molar-refractivity contribution in [1.29, 1.82) is 0 Å². The third-order valence-corrected chi connectivity index (χ3v) is 4.01. The predicted octanol–water partition coefficient (Wildman–Crippen LogP) is 5.43. The molecule has 0 bridgehead atoms. The third kappa shape index (κ3) is 3.59. The Kier molecular flexibility index (Phi) is 4.57. The molecule has 3 nitrogen and oxygen atoms in total. The third-order valence-electron chi connectivity index (χ3n) is 4.01. The second kappa shape index (κ2) is 7.19. The Hall–Kier alpha value is -3.61. The van der Waals surface area contributed by atoms with E-state index in [0.717, 1.165) is 18.2 Å². The summed E-state index contributed by atoms with van der Waals surface area (Å²) in [6, 6.07) is 13.7. The van der Waals surface area contributed by atoms with Gasteiger partial charge in [0.15, 0.2) is 17.5 Å². The van der Waals surface area contributed by atoms with Gasteiger partial charge in [0, 0.05) is 11.1 Å². The molecule has 7 heteroatoms. The van der Waals surface area contributed by atoms with Gasteiger partial charge in [0.05, 0.1) is 5.56 Å². The van der Waals surface area contributed by atoms with Crippen molar-refractivity contribution in [1.82, 2.24) is 15.0 Å². The zero-order valence-corrected chi connectivity index (χ0v) is 14.2. The van der Waals surface area contributed by atoms with Crippen LogP contribution in [0.5, 0.6) is 0 Å². The van der Waals surface area contributed by atoms with E-state index in [1.165, 1.54) is 48.5 Å². The van der Waals surface area contributed by atoms with Gasteiger partial charge in [-0.25, -0.2) is 32.5 Å². The van der Waals surface area contributed by atoms with E-state index in [0.29, 0.717) is 11.1 Å². The summed E-state index contributed by atoms with van der Waals surface area (Å²) in [5.74, 6) is -2.03. The van der Waals surface area contributed by atoms with Gasteiger partial charge in [0.25, 0.3) is 0 Å². The molecule has 0 fully saturated rings. The molecule has 138 valence electrons. The Morgan fingerprint density at radius 3 is 1.39 bits per heavy atom. The molecule has 0 N–H and O–H groups in total. The molecule has 0 aliphatic carbocycles. The molecule has 4 rings (SSSR count).